The number of aryl methyl sites for hydroxylation is 2. The summed E-state index contributed by atoms with van der Waals surface area (Å²) in [5.41, 5.74) is 4.32. The minimum absolute atomic E-state index is 0.0365. The molecule has 0 radical (unpaired) electrons. The zero-order valence-electron chi connectivity index (χ0n) is 15.6. The summed E-state index contributed by atoms with van der Waals surface area (Å²) in [7, 11) is 1.93. The molecule has 0 saturated carbocycles. The first-order valence-electron chi connectivity index (χ1n) is 8.89. The van der Waals surface area contributed by atoms with Gasteiger partial charge in [-0.25, -0.2) is 0 Å². The van der Waals surface area contributed by atoms with Gasteiger partial charge in [-0.1, -0.05) is 37.3 Å². The maximum Gasteiger partial charge on any atom is 0.223 e. The molecule has 0 bridgehead atoms. The fourth-order valence-corrected chi connectivity index (χ4v) is 3.13. The van der Waals surface area contributed by atoms with Crippen molar-refractivity contribution in [2.45, 2.75) is 46.1 Å². The van der Waals surface area contributed by atoms with E-state index in [-0.39, 0.29) is 24.5 Å². The standard InChI is InChI=1S/C20H29N3O2/c1-14(13-18-15(2)22-23(4)16(18)3)20(25)21-19(11-8-12-24)17-9-6-5-7-10-17/h5-7,9-10,14,19,24H,8,11-13H2,1-4H3,(H,21,25). The summed E-state index contributed by atoms with van der Waals surface area (Å²) in [6.45, 7) is 6.10. The molecule has 1 heterocycles. The van der Waals surface area contributed by atoms with E-state index in [2.05, 4.69) is 10.4 Å². The summed E-state index contributed by atoms with van der Waals surface area (Å²) in [6, 6.07) is 9.87. The molecule has 25 heavy (non-hydrogen) atoms. The van der Waals surface area contributed by atoms with Gasteiger partial charge in [-0.2, -0.15) is 5.10 Å². The number of aliphatic hydroxyl groups excluding tert-OH is 1. The number of aliphatic hydroxyl groups is 1. The van der Waals surface area contributed by atoms with E-state index in [4.69, 9.17) is 5.11 Å². The van der Waals surface area contributed by atoms with Crippen LogP contribution in [0, 0.1) is 19.8 Å². The van der Waals surface area contributed by atoms with Gasteiger partial charge in [0.05, 0.1) is 11.7 Å². The Bertz CT molecular complexity index is 694. The van der Waals surface area contributed by atoms with E-state index in [1.165, 1.54) is 0 Å². The Hall–Kier alpha value is -2.14. The molecule has 5 nitrogen and oxygen atoms in total. The predicted molar refractivity (Wildman–Crippen MR) is 99.2 cm³/mol. The predicted octanol–water partition coefficient (Wildman–Crippen LogP) is 2.85. The highest BCUT2D eigenvalue weighted by Crippen LogP contribution is 2.21. The van der Waals surface area contributed by atoms with Crippen molar-refractivity contribution < 1.29 is 9.90 Å². The summed E-state index contributed by atoms with van der Waals surface area (Å²) in [5.74, 6) is -0.101. The van der Waals surface area contributed by atoms with Crippen molar-refractivity contribution in [3.05, 3.63) is 52.8 Å². The third-order valence-electron chi connectivity index (χ3n) is 4.79. The molecule has 2 atom stereocenters. The van der Waals surface area contributed by atoms with E-state index in [1.54, 1.807) is 0 Å². The number of amides is 1. The minimum atomic E-state index is -0.137. The smallest absolute Gasteiger partial charge is 0.223 e. The second-order valence-corrected chi connectivity index (χ2v) is 6.72. The summed E-state index contributed by atoms with van der Waals surface area (Å²) in [4.78, 5) is 12.7. The van der Waals surface area contributed by atoms with Crippen molar-refractivity contribution in [1.82, 2.24) is 15.1 Å². The second-order valence-electron chi connectivity index (χ2n) is 6.72. The molecule has 1 aromatic heterocycles. The molecule has 0 aliphatic carbocycles. The number of aromatic nitrogens is 2. The van der Waals surface area contributed by atoms with Crippen LogP contribution in [0.5, 0.6) is 0 Å². The molecule has 136 valence electrons. The van der Waals surface area contributed by atoms with E-state index in [0.717, 1.165) is 28.9 Å². The SMILES string of the molecule is Cc1nn(C)c(C)c1CC(C)C(=O)NC(CCCO)c1ccccc1. The Kier molecular flexibility index (Phi) is 6.76. The Labute approximate surface area is 150 Å². The molecule has 2 N–H and O–H groups in total. The fourth-order valence-electron chi connectivity index (χ4n) is 3.13. The Balaban J connectivity index is 2.06. The average molecular weight is 343 g/mol. The maximum absolute atomic E-state index is 12.7. The van der Waals surface area contributed by atoms with Crippen LogP contribution in [0.25, 0.3) is 0 Å². The zero-order valence-corrected chi connectivity index (χ0v) is 15.6. The van der Waals surface area contributed by atoms with Gasteiger partial charge in [-0.05, 0) is 44.2 Å². The van der Waals surface area contributed by atoms with E-state index in [1.807, 2.05) is 62.8 Å². The molecule has 0 aliphatic heterocycles. The van der Waals surface area contributed by atoms with Crippen LogP contribution in [0.1, 0.15) is 48.3 Å². The van der Waals surface area contributed by atoms with Gasteiger partial charge in [0.1, 0.15) is 0 Å². The van der Waals surface area contributed by atoms with Gasteiger partial charge in [-0.15, -0.1) is 0 Å². The highest BCUT2D eigenvalue weighted by molar-refractivity contribution is 5.79. The second kappa shape index (κ2) is 8.81. The molecule has 2 unspecified atom stereocenters. The van der Waals surface area contributed by atoms with Crippen molar-refractivity contribution in [2.75, 3.05) is 6.61 Å². The average Bonchev–Trinajstić information content (AvgIpc) is 2.85. The maximum atomic E-state index is 12.7. The summed E-state index contributed by atoms with van der Waals surface area (Å²) >= 11 is 0. The first kappa shape index (κ1) is 19.2. The van der Waals surface area contributed by atoms with Crippen molar-refractivity contribution in [2.24, 2.45) is 13.0 Å². The summed E-state index contributed by atoms with van der Waals surface area (Å²) in [5, 5.41) is 16.7. The van der Waals surface area contributed by atoms with E-state index in [0.29, 0.717) is 12.8 Å². The lowest BCUT2D eigenvalue weighted by atomic mass is 9.97. The van der Waals surface area contributed by atoms with Gasteiger partial charge in [0.2, 0.25) is 5.91 Å². The van der Waals surface area contributed by atoms with Crippen LogP contribution in [0.15, 0.2) is 30.3 Å². The van der Waals surface area contributed by atoms with Crippen LogP contribution in [0.2, 0.25) is 0 Å². The van der Waals surface area contributed by atoms with Gasteiger partial charge >= 0.3 is 0 Å². The van der Waals surface area contributed by atoms with Crippen LogP contribution in [-0.2, 0) is 18.3 Å². The van der Waals surface area contributed by atoms with Crippen LogP contribution in [-0.4, -0.2) is 27.4 Å². The molecule has 2 rings (SSSR count). The molecule has 2 aromatic rings. The lowest BCUT2D eigenvalue weighted by Crippen LogP contribution is -2.34. The summed E-state index contributed by atoms with van der Waals surface area (Å²) in [6.07, 6.45) is 2.07. The Morgan fingerprint density at radius 2 is 1.96 bits per heavy atom. The molecular weight excluding hydrogens is 314 g/mol. The van der Waals surface area contributed by atoms with Crippen LogP contribution >= 0.6 is 0 Å². The van der Waals surface area contributed by atoms with Gasteiger partial charge in [-0.3, -0.25) is 9.48 Å². The van der Waals surface area contributed by atoms with Crippen LogP contribution in [0.3, 0.4) is 0 Å². The Morgan fingerprint density at radius 3 is 2.52 bits per heavy atom. The van der Waals surface area contributed by atoms with Gasteiger partial charge in [0.15, 0.2) is 0 Å². The lowest BCUT2D eigenvalue weighted by molar-refractivity contribution is -0.125. The number of nitrogens with one attached hydrogen (secondary N) is 1. The van der Waals surface area contributed by atoms with Crippen LogP contribution in [0.4, 0.5) is 0 Å². The molecule has 0 saturated heterocycles. The van der Waals surface area contributed by atoms with E-state index >= 15 is 0 Å². The molecule has 5 heteroatoms. The fraction of sp³-hybridized carbons (Fsp3) is 0.500. The van der Waals surface area contributed by atoms with Gasteiger partial charge < -0.3 is 10.4 Å². The number of nitrogens with zero attached hydrogens (tertiary/aromatic N) is 2. The molecule has 1 amide bonds. The zero-order chi connectivity index (χ0) is 18.4. The molecule has 0 fully saturated rings. The quantitative estimate of drug-likeness (QED) is 0.774. The van der Waals surface area contributed by atoms with Crippen molar-refractivity contribution >= 4 is 5.91 Å². The Morgan fingerprint density at radius 1 is 1.28 bits per heavy atom. The number of benzene rings is 1. The topological polar surface area (TPSA) is 67.2 Å². The monoisotopic (exact) mass is 343 g/mol. The highest BCUT2D eigenvalue weighted by atomic mass is 16.3. The first-order chi connectivity index (χ1) is 11.9. The van der Waals surface area contributed by atoms with Crippen molar-refractivity contribution in [1.29, 1.82) is 0 Å². The minimum Gasteiger partial charge on any atom is -0.396 e. The number of carbonyl (C=O) groups excluding carboxylic acids is 1. The molecule has 1 aromatic carbocycles. The molecule has 0 spiro atoms. The lowest BCUT2D eigenvalue weighted by Gasteiger charge is -2.21. The van der Waals surface area contributed by atoms with E-state index < -0.39 is 0 Å². The third kappa shape index (κ3) is 4.92. The number of rotatable bonds is 8. The summed E-state index contributed by atoms with van der Waals surface area (Å²) < 4.78 is 1.86. The normalized spacial score (nSPS) is 13.5. The van der Waals surface area contributed by atoms with Crippen molar-refractivity contribution in [3.63, 3.8) is 0 Å². The number of hydrogen-bond acceptors (Lipinski definition) is 3. The van der Waals surface area contributed by atoms with Crippen molar-refractivity contribution in [3.8, 4) is 0 Å². The van der Waals surface area contributed by atoms with Crippen LogP contribution < -0.4 is 5.32 Å². The first-order valence-corrected chi connectivity index (χ1v) is 8.89. The van der Waals surface area contributed by atoms with Gasteiger partial charge in [0, 0.05) is 25.3 Å². The molecular formula is C20H29N3O2. The number of carbonyl (C=O) groups is 1. The largest absolute Gasteiger partial charge is 0.396 e. The highest BCUT2D eigenvalue weighted by Gasteiger charge is 2.21. The number of hydrogen-bond donors (Lipinski definition) is 2. The van der Waals surface area contributed by atoms with Gasteiger partial charge in [0.25, 0.3) is 0 Å². The van der Waals surface area contributed by atoms with E-state index in [9.17, 15) is 4.79 Å². The third-order valence-corrected chi connectivity index (χ3v) is 4.79. The molecule has 0 aliphatic rings.